The van der Waals surface area contributed by atoms with Gasteiger partial charge in [0.15, 0.2) is 11.5 Å². The first kappa shape index (κ1) is 17.4. The largest absolute Gasteiger partial charge is 0.534 e. The van der Waals surface area contributed by atoms with E-state index in [0.717, 1.165) is 6.07 Å². The van der Waals surface area contributed by atoms with Gasteiger partial charge >= 0.3 is 15.6 Å². The molecule has 4 nitrogen and oxygen atoms in total. The van der Waals surface area contributed by atoms with E-state index >= 15 is 0 Å². The molecule has 0 aliphatic heterocycles. The quantitative estimate of drug-likeness (QED) is 0.578. The van der Waals surface area contributed by atoms with Crippen molar-refractivity contribution >= 4 is 39.1 Å². The summed E-state index contributed by atoms with van der Waals surface area (Å²) in [7, 11) is -5.88. The van der Waals surface area contributed by atoms with Gasteiger partial charge in [0.05, 0.1) is 5.02 Å². The highest BCUT2D eigenvalue weighted by Crippen LogP contribution is 2.46. The van der Waals surface area contributed by atoms with Gasteiger partial charge in [-0.15, -0.1) is 0 Å². The van der Waals surface area contributed by atoms with E-state index in [-0.39, 0.29) is 28.4 Å². The Balaban J connectivity index is 2.56. The first-order valence-electron chi connectivity index (χ1n) is 5.84. The highest BCUT2D eigenvalue weighted by Gasteiger charge is 2.49. The van der Waals surface area contributed by atoms with E-state index in [1.165, 1.54) is 0 Å². The maximum Gasteiger partial charge on any atom is 0.534 e. The zero-order chi connectivity index (χ0) is 17.1. The molecule has 0 radical (unpaired) electrons. The molecule has 2 rings (SSSR count). The van der Waals surface area contributed by atoms with Gasteiger partial charge in [-0.05, 0) is 18.1 Å². The van der Waals surface area contributed by atoms with Crippen LogP contribution in [0.15, 0.2) is 6.07 Å². The molecule has 0 fully saturated rings. The zero-order valence-corrected chi connectivity index (χ0v) is 13.5. The summed E-state index contributed by atoms with van der Waals surface area (Å²) in [5, 5.41) is -0.874. The van der Waals surface area contributed by atoms with Crippen molar-refractivity contribution in [2.24, 2.45) is 5.41 Å². The Morgan fingerprint density at radius 2 is 1.77 bits per heavy atom. The van der Waals surface area contributed by atoms with Gasteiger partial charge in [-0.2, -0.15) is 21.6 Å². The van der Waals surface area contributed by atoms with Gasteiger partial charge in [0.1, 0.15) is 5.02 Å². The van der Waals surface area contributed by atoms with Crippen LogP contribution in [0.4, 0.5) is 13.2 Å². The second-order valence-corrected chi connectivity index (χ2v) is 7.70. The van der Waals surface area contributed by atoms with Crippen LogP contribution in [0.2, 0.25) is 10.0 Å². The number of rotatable bonds is 2. The summed E-state index contributed by atoms with van der Waals surface area (Å²) in [5.74, 6) is -1.08. The van der Waals surface area contributed by atoms with E-state index in [9.17, 15) is 26.4 Å². The van der Waals surface area contributed by atoms with Crippen LogP contribution in [-0.2, 0) is 16.5 Å². The Labute approximate surface area is 134 Å². The molecule has 1 aromatic carbocycles. The standard InChI is InChI=1S/C12H9Cl2F3O4S/c1-11(2)4-5-3-6(21-22(19,20)12(15,16)17)8(13)9(14)7(5)10(11)18/h3H,4H2,1-2H3. The van der Waals surface area contributed by atoms with Crippen LogP contribution in [0.1, 0.15) is 29.8 Å². The van der Waals surface area contributed by atoms with Gasteiger partial charge < -0.3 is 4.18 Å². The van der Waals surface area contributed by atoms with Crippen molar-refractivity contribution in [2.45, 2.75) is 25.8 Å². The molecule has 0 saturated heterocycles. The molecular formula is C12H9Cl2F3O4S. The maximum absolute atomic E-state index is 12.4. The fourth-order valence-electron chi connectivity index (χ4n) is 2.16. The van der Waals surface area contributed by atoms with Crippen LogP contribution in [-0.4, -0.2) is 19.7 Å². The summed E-state index contributed by atoms with van der Waals surface area (Å²) in [6.45, 7) is 3.26. The summed E-state index contributed by atoms with van der Waals surface area (Å²) < 4.78 is 63.3. The van der Waals surface area contributed by atoms with Gasteiger partial charge in [-0.3, -0.25) is 4.79 Å². The van der Waals surface area contributed by atoms with Crippen molar-refractivity contribution in [2.75, 3.05) is 0 Å². The van der Waals surface area contributed by atoms with Crippen LogP contribution in [0.5, 0.6) is 5.75 Å². The van der Waals surface area contributed by atoms with E-state index in [0.29, 0.717) is 0 Å². The number of halogens is 5. The van der Waals surface area contributed by atoms with Crippen molar-refractivity contribution in [3.8, 4) is 5.75 Å². The van der Waals surface area contributed by atoms with Crippen LogP contribution in [0.3, 0.4) is 0 Å². The van der Waals surface area contributed by atoms with Crippen LogP contribution >= 0.6 is 23.2 Å². The third kappa shape index (κ3) is 2.68. The minimum Gasteiger partial charge on any atom is -0.374 e. The molecule has 0 aromatic heterocycles. The number of carbonyl (C=O) groups excluding carboxylic acids is 1. The number of ketones is 1. The molecule has 0 atom stereocenters. The van der Waals surface area contributed by atoms with Gasteiger partial charge in [0.25, 0.3) is 0 Å². The molecule has 1 aromatic rings. The van der Waals surface area contributed by atoms with Gasteiger partial charge in [0, 0.05) is 11.0 Å². The first-order chi connectivity index (χ1) is 9.78. The second-order valence-electron chi connectivity index (χ2n) is 5.41. The Kier molecular flexibility index (Phi) is 3.95. The van der Waals surface area contributed by atoms with Crippen molar-refractivity contribution in [1.82, 2.24) is 0 Å². The minimum absolute atomic E-state index is 0.0772. The Morgan fingerprint density at radius 1 is 1.23 bits per heavy atom. The van der Waals surface area contributed by atoms with E-state index in [1.54, 1.807) is 13.8 Å². The van der Waals surface area contributed by atoms with Crippen molar-refractivity contribution in [1.29, 1.82) is 0 Å². The summed E-state index contributed by atoms with van der Waals surface area (Å²) in [4.78, 5) is 12.2. The smallest absolute Gasteiger partial charge is 0.374 e. The predicted octanol–water partition coefficient (Wildman–Crippen LogP) is 3.99. The maximum atomic E-state index is 12.4. The molecule has 0 spiro atoms. The number of hydrogen-bond donors (Lipinski definition) is 0. The van der Waals surface area contributed by atoms with E-state index in [2.05, 4.69) is 4.18 Å². The lowest BCUT2D eigenvalue weighted by Gasteiger charge is -2.13. The topological polar surface area (TPSA) is 60.4 Å². The summed E-state index contributed by atoms with van der Waals surface area (Å²) in [6, 6.07) is 0.999. The lowest BCUT2D eigenvalue weighted by molar-refractivity contribution is -0.0500. The zero-order valence-electron chi connectivity index (χ0n) is 11.2. The molecule has 0 bridgehead atoms. The highest BCUT2D eigenvalue weighted by atomic mass is 35.5. The molecule has 0 saturated carbocycles. The third-order valence-corrected chi connectivity index (χ3v) is 5.03. The van der Waals surface area contributed by atoms with Gasteiger partial charge in [-0.25, -0.2) is 0 Å². The fourth-order valence-corrected chi connectivity index (χ4v) is 3.15. The number of alkyl halides is 3. The molecule has 0 unspecified atom stereocenters. The molecule has 1 aliphatic rings. The van der Waals surface area contributed by atoms with Crippen molar-refractivity contribution < 1.29 is 30.6 Å². The fraction of sp³-hybridized carbons (Fsp3) is 0.417. The highest BCUT2D eigenvalue weighted by molar-refractivity contribution is 7.88. The van der Waals surface area contributed by atoms with E-state index in [1.807, 2.05) is 0 Å². The average molecular weight is 377 g/mol. The first-order valence-corrected chi connectivity index (χ1v) is 8.01. The van der Waals surface area contributed by atoms with Crippen molar-refractivity contribution in [3.63, 3.8) is 0 Å². The van der Waals surface area contributed by atoms with Crippen molar-refractivity contribution in [3.05, 3.63) is 27.2 Å². The molecule has 122 valence electrons. The predicted molar refractivity (Wildman–Crippen MR) is 73.9 cm³/mol. The SMILES string of the molecule is CC1(C)Cc2cc(OS(=O)(=O)C(F)(F)F)c(Cl)c(Cl)c2C1=O. The Bertz CT molecular complexity index is 770. The molecule has 0 N–H and O–H groups in total. The van der Waals surface area contributed by atoms with Crippen LogP contribution in [0.25, 0.3) is 0 Å². The Morgan fingerprint density at radius 3 is 2.27 bits per heavy atom. The number of benzene rings is 1. The van der Waals surface area contributed by atoms with Gasteiger partial charge in [-0.1, -0.05) is 37.0 Å². The van der Waals surface area contributed by atoms with E-state index in [4.69, 9.17) is 23.2 Å². The lowest BCUT2D eigenvalue weighted by Crippen LogP contribution is -2.28. The summed E-state index contributed by atoms with van der Waals surface area (Å²) in [6.07, 6.45) is 0.181. The van der Waals surface area contributed by atoms with Gasteiger partial charge in [0.2, 0.25) is 0 Å². The minimum atomic E-state index is -5.88. The lowest BCUT2D eigenvalue weighted by atomic mass is 9.89. The molecular weight excluding hydrogens is 368 g/mol. The number of fused-ring (bicyclic) bond motifs is 1. The number of Topliss-reactive ketones (excluding diaryl/α,β-unsaturated/α-hetero) is 1. The molecule has 0 heterocycles. The molecule has 10 heteroatoms. The number of carbonyl (C=O) groups is 1. The van der Waals surface area contributed by atoms with Crippen LogP contribution < -0.4 is 4.18 Å². The number of hydrogen-bond acceptors (Lipinski definition) is 4. The third-order valence-electron chi connectivity index (χ3n) is 3.21. The Hall–Kier alpha value is -0.990. The monoisotopic (exact) mass is 376 g/mol. The molecule has 1 aliphatic carbocycles. The van der Waals surface area contributed by atoms with E-state index < -0.39 is 31.8 Å². The molecule has 22 heavy (non-hydrogen) atoms. The summed E-state index contributed by atoms with van der Waals surface area (Å²) >= 11 is 11.7. The summed E-state index contributed by atoms with van der Waals surface area (Å²) in [5.41, 5.74) is -6.04. The van der Waals surface area contributed by atoms with Crippen LogP contribution in [0, 0.1) is 5.41 Å². The second kappa shape index (κ2) is 5.01. The normalized spacial score (nSPS) is 17.5. The average Bonchev–Trinajstić information content (AvgIpc) is 2.55. The molecule has 0 amide bonds.